The van der Waals surface area contributed by atoms with Crippen molar-refractivity contribution in [3.8, 4) is 0 Å². The van der Waals surface area contributed by atoms with Crippen molar-refractivity contribution < 1.29 is 5.11 Å². The average molecular weight is 235 g/mol. The van der Waals surface area contributed by atoms with Crippen LogP contribution in [0.2, 0.25) is 0 Å². The summed E-state index contributed by atoms with van der Waals surface area (Å²) in [5, 5.41) is 12.4. The van der Waals surface area contributed by atoms with Crippen LogP contribution in [-0.2, 0) is 6.42 Å². The van der Waals surface area contributed by atoms with Crippen molar-refractivity contribution in [2.75, 3.05) is 11.9 Å². The second kappa shape index (κ2) is 8.13. The molecule has 17 heavy (non-hydrogen) atoms. The molecule has 0 aliphatic rings. The van der Waals surface area contributed by atoms with Gasteiger partial charge in [-0.1, -0.05) is 38.8 Å². The molecule has 1 aromatic carbocycles. The Morgan fingerprint density at radius 2 is 1.65 bits per heavy atom. The van der Waals surface area contributed by atoms with E-state index in [2.05, 4.69) is 43.4 Å². The van der Waals surface area contributed by atoms with Crippen molar-refractivity contribution in [3.63, 3.8) is 0 Å². The maximum Gasteiger partial charge on any atom is 0.0471 e. The van der Waals surface area contributed by atoms with Gasteiger partial charge in [-0.05, 0) is 37.0 Å². The monoisotopic (exact) mass is 235 g/mol. The van der Waals surface area contributed by atoms with E-state index in [1.54, 1.807) is 0 Å². The molecule has 0 radical (unpaired) electrons. The first-order valence-electron chi connectivity index (χ1n) is 6.76. The first-order valence-corrected chi connectivity index (χ1v) is 6.76. The van der Waals surface area contributed by atoms with Gasteiger partial charge in [0, 0.05) is 18.3 Å². The zero-order valence-electron chi connectivity index (χ0n) is 11.1. The van der Waals surface area contributed by atoms with E-state index < -0.39 is 0 Å². The Bertz CT molecular complexity index is 288. The third-order valence-electron chi connectivity index (χ3n) is 3.00. The van der Waals surface area contributed by atoms with Crippen molar-refractivity contribution in [1.29, 1.82) is 0 Å². The molecule has 2 nitrogen and oxygen atoms in total. The largest absolute Gasteiger partial charge is 0.396 e. The molecule has 0 bridgehead atoms. The summed E-state index contributed by atoms with van der Waals surface area (Å²) in [6, 6.07) is 9.00. The number of aliphatic hydroxyl groups excluding tert-OH is 1. The summed E-state index contributed by atoms with van der Waals surface area (Å²) in [4.78, 5) is 0. The topological polar surface area (TPSA) is 32.3 Å². The molecular formula is C15H25NO. The molecule has 0 saturated heterocycles. The van der Waals surface area contributed by atoms with Gasteiger partial charge in [0.05, 0.1) is 0 Å². The molecule has 0 fully saturated rings. The lowest BCUT2D eigenvalue weighted by Crippen LogP contribution is -2.18. The molecule has 0 aromatic heterocycles. The number of aliphatic hydroxyl groups is 1. The van der Waals surface area contributed by atoms with E-state index in [-0.39, 0.29) is 6.61 Å². The number of rotatable bonds is 8. The smallest absolute Gasteiger partial charge is 0.0471 e. The Morgan fingerprint density at radius 1 is 1.06 bits per heavy atom. The lowest BCUT2D eigenvalue weighted by Gasteiger charge is -2.18. The van der Waals surface area contributed by atoms with E-state index in [1.807, 2.05) is 0 Å². The van der Waals surface area contributed by atoms with Crippen molar-refractivity contribution in [2.24, 2.45) is 0 Å². The van der Waals surface area contributed by atoms with Gasteiger partial charge in [-0.3, -0.25) is 0 Å². The molecule has 0 aliphatic carbocycles. The van der Waals surface area contributed by atoms with Crippen molar-refractivity contribution >= 4 is 5.69 Å². The van der Waals surface area contributed by atoms with Gasteiger partial charge in [0.1, 0.15) is 0 Å². The van der Waals surface area contributed by atoms with Gasteiger partial charge < -0.3 is 10.4 Å². The number of nitrogens with one attached hydrogen (secondary N) is 1. The Morgan fingerprint density at radius 3 is 2.12 bits per heavy atom. The number of benzene rings is 1. The number of anilines is 1. The molecule has 0 atom stereocenters. The highest BCUT2D eigenvalue weighted by molar-refractivity contribution is 5.45. The summed E-state index contributed by atoms with van der Waals surface area (Å²) in [7, 11) is 0. The van der Waals surface area contributed by atoms with E-state index >= 15 is 0 Å². The van der Waals surface area contributed by atoms with Crippen LogP contribution in [-0.4, -0.2) is 17.8 Å². The van der Waals surface area contributed by atoms with Crippen LogP contribution < -0.4 is 5.32 Å². The second-order valence-corrected chi connectivity index (χ2v) is 4.59. The SMILES string of the molecule is CCCC(CCC)Nc1ccc(CCO)cc1. The van der Waals surface area contributed by atoms with Crippen LogP contribution in [0.1, 0.15) is 45.1 Å². The minimum Gasteiger partial charge on any atom is -0.396 e. The summed E-state index contributed by atoms with van der Waals surface area (Å²) >= 11 is 0. The third-order valence-corrected chi connectivity index (χ3v) is 3.00. The van der Waals surface area contributed by atoms with Crippen LogP contribution in [0.3, 0.4) is 0 Å². The van der Waals surface area contributed by atoms with Crippen LogP contribution in [0, 0.1) is 0 Å². The molecule has 0 unspecified atom stereocenters. The lowest BCUT2D eigenvalue weighted by atomic mass is 10.1. The molecule has 96 valence electrons. The normalized spacial score (nSPS) is 10.8. The average Bonchev–Trinajstić information content (AvgIpc) is 2.33. The van der Waals surface area contributed by atoms with E-state index in [4.69, 9.17) is 5.11 Å². The summed E-state index contributed by atoms with van der Waals surface area (Å²) < 4.78 is 0. The predicted molar refractivity (Wildman–Crippen MR) is 74.5 cm³/mol. The molecule has 2 N–H and O–H groups in total. The summed E-state index contributed by atoms with van der Waals surface area (Å²) in [5.41, 5.74) is 2.39. The molecule has 1 aromatic rings. The minimum atomic E-state index is 0.223. The van der Waals surface area contributed by atoms with Crippen LogP contribution in [0.4, 0.5) is 5.69 Å². The fourth-order valence-electron chi connectivity index (χ4n) is 2.12. The Labute approximate surface area is 105 Å². The van der Waals surface area contributed by atoms with E-state index in [0.29, 0.717) is 6.04 Å². The van der Waals surface area contributed by atoms with Crippen LogP contribution >= 0.6 is 0 Å². The molecule has 0 amide bonds. The third kappa shape index (κ3) is 5.22. The quantitative estimate of drug-likeness (QED) is 0.721. The van der Waals surface area contributed by atoms with Gasteiger partial charge in [0.15, 0.2) is 0 Å². The minimum absolute atomic E-state index is 0.223. The van der Waals surface area contributed by atoms with Crippen molar-refractivity contribution in [2.45, 2.75) is 52.0 Å². The van der Waals surface area contributed by atoms with Crippen LogP contribution in [0.25, 0.3) is 0 Å². The van der Waals surface area contributed by atoms with E-state index in [1.165, 1.54) is 36.9 Å². The zero-order valence-corrected chi connectivity index (χ0v) is 11.1. The highest BCUT2D eigenvalue weighted by Crippen LogP contribution is 2.15. The van der Waals surface area contributed by atoms with Crippen LogP contribution in [0.5, 0.6) is 0 Å². The number of hydrogen-bond acceptors (Lipinski definition) is 2. The lowest BCUT2D eigenvalue weighted by molar-refractivity contribution is 0.299. The molecule has 1 rings (SSSR count). The van der Waals surface area contributed by atoms with Gasteiger partial charge >= 0.3 is 0 Å². The van der Waals surface area contributed by atoms with E-state index in [0.717, 1.165) is 6.42 Å². The molecule has 0 spiro atoms. The highest BCUT2D eigenvalue weighted by atomic mass is 16.2. The van der Waals surface area contributed by atoms with Gasteiger partial charge in [-0.15, -0.1) is 0 Å². The molecule has 0 saturated carbocycles. The highest BCUT2D eigenvalue weighted by Gasteiger charge is 2.05. The molecule has 0 heterocycles. The maximum atomic E-state index is 8.86. The van der Waals surface area contributed by atoms with Gasteiger partial charge in [0.25, 0.3) is 0 Å². The standard InChI is InChI=1S/C15H25NO/c1-3-5-14(6-4-2)16-15-9-7-13(8-10-15)11-12-17/h7-10,14,16-17H,3-6,11-12H2,1-2H3. The summed E-state index contributed by atoms with van der Waals surface area (Å²) in [6.45, 7) is 4.68. The fourth-order valence-corrected chi connectivity index (χ4v) is 2.12. The Balaban J connectivity index is 2.53. The first kappa shape index (κ1) is 14.0. The van der Waals surface area contributed by atoms with Gasteiger partial charge in [0.2, 0.25) is 0 Å². The van der Waals surface area contributed by atoms with Crippen LogP contribution in [0.15, 0.2) is 24.3 Å². The summed E-state index contributed by atoms with van der Waals surface area (Å²) in [5.74, 6) is 0. The zero-order chi connectivity index (χ0) is 12.5. The fraction of sp³-hybridized carbons (Fsp3) is 0.600. The van der Waals surface area contributed by atoms with Gasteiger partial charge in [-0.2, -0.15) is 0 Å². The number of hydrogen-bond donors (Lipinski definition) is 2. The Hall–Kier alpha value is -1.02. The maximum absolute atomic E-state index is 8.86. The summed E-state index contributed by atoms with van der Waals surface area (Å²) in [6.07, 6.45) is 5.65. The Kier molecular flexibility index (Phi) is 6.71. The van der Waals surface area contributed by atoms with Crippen molar-refractivity contribution in [1.82, 2.24) is 0 Å². The van der Waals surface area contributed by atoms with Gasteiger partial charge in [-0.25, -0.2) is 0 Å². The molecule has 0 aliphatic heterocycles. The van der Waals surface area contributed by atoms with Crippen molar-refractivity contribution in [3.05, 3.63) is 29.8 Å². The van der Waals surface area contributed by atoms with E-state index in [9.17, 15) is 0 Å². The molecule has 2 heteroatoms. The predicted octanol–water partition coefficient (Wildman–Crippen LogP) is 3.60. The first-order chi connectivity index (χ1) is 8.30. The molecular weight excluding hydrogens is 210 g/mol. The second-order valence-electron chi connectivity index (χ2n) is 4.59.